The molecule has 23 heavy (non-hydrogen) atoms. The summed E-state index contributed by atoms with van der Waals surface area (Å²) in [5.74, 6) is -0.883. The lowest BCUT2D eigenvalue weighted by Gasteiger charge is -2.26. The molecule has 6 nitrogen and oxygen atoms in total. The first-order valence-electron chi connectivity index (χ1n) is 7.73. The highest BCUT2D eigenvalue weighted by Gasteiger charge is 2.22. The highest BCUT2D eigenvalue weighted by atomic mass is 16.5. The summed E-state index contributed by atoms with van der Waals surface area (Å²) in [6.45, 7) is 6.35. The average Bonchev–Trinajstić information content (AvgIpc) is 2.48. The minimum atomic E-state index is -0.883. The van der Waals surface area contributed by atoms with E-state index < -0.39 is 18.1 Å². The molecule has 1 amide bonds. The quantitative estimate of drug-likeness (QED) is 0.640. The zero-order valence-electron chi connectivity index (χ0n) is 14.0. The molecule has 0 aliphatic carbocycles. The molecule has 128 valence electrons. The Bertz CT molecular complexity index is 497. The van der Waals surface area contributed by atoms with Gasteiger partial charge in [-0.15, -0.1) is 0 Å². The fraction of sp³-hybridized carbons (Fsp3) is 0.529. The molecule has 0 aromatic heterocycles. The minimum absolute atomic E-state index is 0.218. The van der Waals surface area contributed by atoms with E-state index in [9.17, 15) is 14.7 Å². The second-order valence-corrected chi connectivity index (χ2v) is 6.42. The highest BCUT2D eigenvalue weighted by Crippen LogP contribution is 2.06. The summed E-state index contributed by atoms with van der Waals surface area (Å²) in [5.41, 5.74) is 0.647. The third-order valence-electron chi connectivity index (χ3n) is 3.06. The molecule has 3 N–H and O–H groups in total. The zero-order valence-corrected chi connectivity index (χ0v) is 14.0. The van der Waals surface area contributed by atoms with Crippen LogP contribution in [0.4, 0.5) is 4.79 Å². The van der Waals surface area contributed by atoms with E-state index in [-0.39, 0.29) is 12.1 Å². The summed E-state index contributed by atoms with van der Waals surface area (Å²) in [5, 5.41) is 14.9. The molecule has 0 fully saturated rings. The molecule has 1 aromatic rings. The van der Waals surface area contributed by atoms with Gasteiger partial charge in [0, 0.05) is 12.1 Å². The molecule has 0 saturated heterocycles. The maximum Gasteiger partial charge on any atom is 0.407 e. The second-order valence-electron chi connectivity index (χ2n) is 6.42. The van der Waals surface area contributed by atoms with Crippen LogP contribution in [-0.4, -0.2) is 35.3 Å². The topological polar surface area (TPSA) is 87.7 Å². The lowest BCUT2D eigenvalue weighted by Crippen LogP contribution is -2.48. The molecule has 0 aliphatic heterocycles. The van der Waals surface area contributed by atoms with Crippen molar-refractivity contribution in [1.29, 1.82) is 0 Å². The van der Waals surface area contributed by atoms with Gasteiger partial charge < -0.3 is 15.2 Å². The predicted molar refractivity (Wildman–Crippen MR) is 88.2 cm³/mol. The zero-order chi connectivity index (χ0) is 17.3. The van der Waals surface area contributed by atoms with E-state index in [2.05, 4.69) is 10.6 Å². The number of carboxylic acid groups (broad SMARTS) is 1. The number of alkyl carbamates (subject to hydrolysis) is 1. The van der Waals surface area contributed by atoms with Crippen molar-refractivity contribution >= 4 is 12.1 Å². The SMILES string of the molecule is CC(C)(C)NC(CCCNC(=O)OCc1ccccc1)C(=O)O. The standard InChI is InChI=1S/C17H26N2O4/c1-17(2,3)19-14(15(20)21)10-7-11-18-16(22)23-12-13-8-5-4-6-9-13/h4-6,8-9,14,19H,7,10-12H2,1-3H3,(H,18,22)(H,20,21). The molecule has 1 aromatic carbocycles. The van der Waals surface area contributed by atoms with Crippen LogP contribution in [0.15, 0.2) is 30.3 Å². The number of nitrogens with one attached hydrogen (secondary N) is 2. The predicted octanol–water partition coefficient (Wildman–Crippen LogP) is 2.53. The largest absolute Gasteiger partial charge is 0.480 e. The summed E-state index contributed by atoms with van der Waals surface area (Å²) >= 11 is 0. The number of benzene rings is 1. The number of carbonyl (C=O) groups excluding carboxylic acids is 1. The van der Waals surface area contributed by atoms with Gasteiger partial charge in [-0.3, -0.25) is 10.1 Å². The van der Waals surface area contributed by atoms with Crippen molar-refractivity contribution in [2.75, 3.05) is 6.54 Å². The number of hydrogen-bond donors (Lipinski definition) is 3. The van der Waals surface area contributed by atoms with Crippen molar-refractivity contribution in [3.8, 4) is 0 Å². The molecule has 0 heterocycles. The number of hydrogen-bond acceptors (Lipinski definition) is 4. The molecular formula is C17H26N2O4. The van der Waals surface area contributed by atoms with E-state index in [1.165, 1.54) is 0 Å². The Morgan fingerprint density at radius 3 is 2.43 bits per heavy atom. The van der Waals surface area contributed by atoms with Gasteiger partial charge in [-0.1, -0.05) is 30.3 Å². The van der Waals surface area contributed by atoms with E-state index in [0.717, 1.165) is 5.56 Å². The summed E-state index contributed by atoms with van der Waals surface area (Å²) in [4.78, 5) is 22.7. The number of ether oxygens (including phenoxy) is 1. The van der Waals surface area contributed by atoms with E-state index in [1.54, 1.807) is 0 Å². The number of carboxylic acids is 1. The molecule has 0 saturated carbocycles. The smallest absolute Gasteiger partial charge is 0.407 e. The van der Waals surface area contributed by atoms with Crippen molar-refractivity contribution in [2.45, 2.75) is 51.8 Å². The lowest BCUT2D eigenvalue weighted by atomic mass is 10.0. The second kappa shape index (κ2) is 9.15. The highest BCUT2D eigenvalue weighted by molar-refractivity contribution is 5.73. The monoisotopic (exact) mass is 322 g/mol. The fourth-order valence-electron chi connectivity index (χ4n) is 2.05. The van der Waals surface area contributed by atoms with Crippen LogP contribution in [0.25, 0.3) is 0 Å². The Labute approximate surface area is 137 Å². The molecule has 1 unspecified atom stereocenters. The first kappa shape index (κ1) is 19.0. The van der Waals surface area contributed by atoms with Crippen molar-refractivity contribution in [3.63, 3.8) is 0 Å². The van der Waals surface area contributed by atoms with Gasteiger partial charge in [-0.05, 0) is 39.2 Å². The minimum Gasteiger partial charge on any atom is -0.480 e. The molecule has 0 aliphatic rings. The van der Waals surface area contributed by atoms with Gasteiger partial charge in [0.25, 0.3) is 0 Å². The number of amides is 1. The van der Waals surface area contributed by atoms with E-state index in [0.29, 0.717) is 19.4 Å². The maximum atomic E-state index is 11.6. The Hall–Kier alpha value is -2.08. The van der Waals surface area contributed by atoms with Gasteiger partial charge in [-0.25, -0.2) is 4.79 Å². The van der Waals surface area contributed by atoms with Gasteiger partial charge in [0.1, 0.15) is 12.6 Å². The van der Waals surface area contributed by atoms with Gasteiger partial charge in [0.05, 0.1) is 0 Å². The average molecular weight is 322 g/mol. The van der Waals surface area contributed by atoms with Crippen LogP contribution in [0.2, 0.25) is 0 Å². The van der Waals surface area contributed by atoms with E-state index >= 15 is 0 Å². The Balaban J connectivity index is 2.22. The van der Waals surface area contributed by atoms with Crippen molar-refractivity contribution in [1.82, 2.24) is 10.6 Å². The first-order chi connectivity index (χ1) is 10.8. The normalized spacial score (nSPS) is 12.5. The van der Waals surface area contributed by atoms with Crippen LogP contribution in [0.1, 0.15) is 39.2 Å². The van der Waals surface area contributed by atoms with E-state index in [1.807, 2.05) is 51.1 Å². The Morgan fingerprint density at radius 2 is 1.87 bits per heavy atom. The number of carbonyl (C=O) groups is 2. The van der Waals surface area contributed by atoms with Crippen LogP contribution >= 0.6 is 0 Å². The summed E-state index contributed by atoms with van der Waals surface area (Å²) in [6, 6.07) is 8.78. The fourth-order valence-corrected chi connectivity index (χ4v) is 2.05. The lowest BCUT2D eigenvalue weighted by molar-refractivity contribution is -0.140. The van der Waals surface area contributed by atoms with Crippen molar-refractivity contribution in [3.05, 3.63) is 35.9 Å². The van der Waals surface area contributed by atoms with Gasteiger partial charge >= 0.3 is 12.1 Å². The molecule has 0 radical (unpaired) electrons. The van der Waals surface area contributed by atoms with Gasteiger partial charge in [-0.2, -0.15) is 0 Å². The third kappa shape index (κ3) is 8.83. The van der Waals surface area contributed by atoms with Crippen LogP contribution < -0.4 is 10.6 Å². The Morgan fingerprint density at radius 1 is 1.22 bits per heavy atom. The van der Waals surface area contributed by atoms with Gasteiger partial charge in [0.2, 0.25) is 0 Å². The summed E-state index contributed by atoms with van der Waals surface area (Å²) in [6.07, 6.45) is 0.496. The number of aliphatic carboxylic acids is 1. The third-order valence-corrected chi connectivity index (χ3v) is 3.06. The molecular weight excluding hydrogens is 296 g/mol. The van der Waals surface area contributed by atoms with Gasteiger partial charge in [0.15, 0.2) is 0 Å². The summed E-state index contributed by atoms with van der Waals surface area (Å²) in [7, 11) is 0. The first-order valence-corrected chi connectivity index (χ1v) is 7.73. The van der Waals surface area contributed by atoms with Crippen LogP contribution in [0.3, 0.4) is 0 Å². The Kier molecular flexibility index (Phi) is 7.54. The van der Waals surface area contributed by atoms with Crippen LogP contribution in [-0.2, 0) is 16.1 Å². The number of rotatable bonds is 8. The molecule has 1 atom stereocenters. The van der Waals surface area contributed by atoms with E-state index in [4.69, 9.17) is 4.74 Å². The summed E-state index contributed by atoms with van der Waals surface area (Å²) < 4.78 is 5.08. The molecule has 0 spiro atoms. The van der Waals surface area contributed by atoms with Crippen molar-refractivity contribution < 1.29 is 19.4 Å². The molecule has 0 bridgehead atoms. The van der Waals surface area contributed by atoms with Crippen LogP contribution in [0.5, 0.6) is 0 Å². The molecule has 6 heteroatoms. The van der Waals surface area contributed by atoms with Crippen LogP contribution in [0, 0.1) is 0 Å². The van der Waals surface area contributed by atoms with Crippen molar-refractivity contribution in [2.24, 2.45) is 0 Å². The maximum absolute atomic E-state index is 11.6. The molecule has 1 rings (SSSR count).